The number of hydrogen-bond donors (Lipinski definition) is 0. The molecule has 4 rings (SSSR count). The molecule has 1 aromatic carbocycles. The number of rotatable bonds is 3. The van der Waals surface area contributed by atoms with Gasteiger partial charge in [-0.1, -0.05) is 5.92 Å². The number of carbonyl (C=O) groups excluding carboxylic acids is 3. The van der Waals surface area contributed by atoms with Crippen LogP contribution in [0, 0.1) is 37.0 Å². The van der Waals surface area contributed by atoms with Gasteiger partial charge >= 0.3 is 0 Å². The van der Waals surface area contributed by atoms with Crippen molar-refractivity contribution in [1.82, 2.24) is 4.90 Å². The van der Waals surface area contributed by atoms with Gasteiger partial charge in [0.1, 0.15) is 17.5 Å². The van der Waals surface area contributed by atoms with Gasteiger partial charge in [-0.05, 0) is 86.6 Å². The summed E-state index contributed by atoms with van der Waals surface area (Å²) in [5, 5.41) is 0. The molecule has 1 amide bonds. The van der Waals surface area contributed by atoms with E-state index in [2.05, 4.69) is 11.8 Å². The molecule has 1 aromatic rings. The van der Waals surface area contributed by atoms with Gasteiger partial charge in [-0.15, -0.1) is 5.92 Å². The molecule has 3 fully saturated rings. The molecule has 4 nitrogen and oxygen atoms in total. The quantitative estimate of drug-likeness (QED) is 0.562. The Balaban J connectivity index is 1.48. The Hall–Kier alpha value is -2.41. The highest BCUT2D eigenvalue weighted by Gasteiger charge is 2.48. The Labute approximate surface area is 179 Å². The first-order valence-electron chi connectivity index (χ1n) is 11.2. The molecule has 2 saturated carbocycles. The van der Waals surface area contributed by atoms with E-state index in [0.717, 1.165) is 35.1 Å². The largest absolute Gasteiger partial charge is 0.343 e. The van der Waals surface area contributed by atoms with Crippen LogP contribution in [0.4, 0.5) is 0 Å². The number of amides is 1. The number of ketones is 2. The summed E-state index contributed by atoms with van der Waals surface area (Å²) in [6.07, 6.45) is 5.45. The molecule has 4 heteroatoms. The topological polar surface area (TPSA) is 54.5 Å². The first-order valence-corrected chi connectivity index (χ1v) is 11.2. The van der Waals surface area contributed by atoms with Gasteiger partial charge in [0.2, 0.25) is 5.91 Å². The molecule has 158 valence electrons. The summed E-state index contributed by atoms with van der Waals surface area (Å²) in [6, 6.07) is 3.96. The Kier molecular flexibility index (Phi) is 5.57. The third-order valence-corrected chi connectivity index (χ3v) is 7.23. The molecule has 0 atom stereocenters. The number of carbonyl (C=O) groups is 3. The number of Topliss-reactive ketones (excluding diaryl/α,β-unsaturated/α-hetero) is 2. The third-order valence-electron chi connectivity index (χ3n) is 7.23. The van der Waals surface area contributed by atoms with Crippen LogP contribution < -0.4 is 0 Å². The van der Waals surface area contributed by atoms with E-state index in [-0.39, 0.29) is 22.9 Å². The summed E-state index contributed by atoms with van der Waals surface area (Å²) in [5.74, 6) is 6.26. The van der Waals surface area contributed by atoms with Crippen LogP contribution in [0.1, 0.15) is 80.0 Å². The molecule has 1 heterocycles. The fraction of sp³-hybridized carbons (Fsp3) is 0.577. The minimum Gasteiger partial charge on any atom is -0.343 e. The van der Waals surface area contributed by atoms with Gasteiger partial charge in [0.15, 0.2) is 0 Å². The maximum absolute atomic E-state index is 13.2. The molecule has 0 radical (unpaired) electrons. The first kappa shape index (κ1) is 20.8. The second kappa shape index (κ2) is 8.02. The van der Waals surface area contributed by atoms with Gasteiger partial charge < -0.3 is 4.90 Å². The lowest BCUT2D eigenvalue weighted by Gasteiger charge is -2.45. The van der Waals surface area contributed by atoms with E-state index >= 15 is 0 Å². The smallest absolute Gasteiger partial charge is 0.222 e. The van der Waals surface area contributed by atoms with Gasteiger partial charge in [0.05, 0.1) is 0 Å². The molecular weight excluding hydrogens is 374 g/mol. The van der Waals surface area contributed by atoms with E-state index in [0.29, 0.717) is 38.3 Å². The van der Waals surface area contributed by atoms with Crippen LogP contribution in [-0.2, 0) is 14.4 Å². The van der Waals surface area contributed by atoms with Crippen molar-refractivity contribution in [3.8, 4) is 11.8 Å². The zero-order chi connectivity index (χ0) is 21.5. The zero-order valence-corrected chi connectivity index (χ0v) is 18.3. The highest BCUT2D eigenvalue weighted by molar-refractivity contribution is 6.10. The number of likely N-dealkylation sites (tertiary alicyclic amines) is 1. The minimum atomic E-state index is -0.645. The van der Waals surface area contributed by atoms with Crippen LogP contribution in [0.3, 0.4) is 0 Å². The number of piperidine rings is 1. The van der Waals surface area contributed by atoms with E-state index in [1.54, 1.807) is 6.92 Å². The predicted molar refractivity (Wildman–Crippen MR) is 116 cm³/mol. The van der Waals surface area contributed by atoms with Crippen LogP contribution in [0.2, 0.25) is 0 Å². The van der Waals surface area contributed by atoms with Crippen LogP contribution in [0.15, 0.2) is 12.1 Å². The molecule has 2 aliphatic carbocycles. The molecule has 30 heavy (non-hydrogen) atoms. The van der Waals surface area contributed by atoms with E-state index in [9.17, 15) is 14.4 Å². The normalized spacial score (nSPS) is 21.5. The summed E-state index contributed by atoms with van der Waals surface area (Å²) >= 11 is 0. The molecule has 1 saturated heterocycles. The maximum atomic E-state index is 13.2. The van der Waals surface area contributed by atoms with Crippen molar-refractivity contribution in [1.29, 1.82) is 0 Å². The summed E-state index contributed by atoms with van der Waals surface area (Å²) in [6.45, 7) is 7.10. The molecular formula is C26H31NO3. The average Bonchev–Trinajstić information content (AvgIpc) is 3.48. The van der Waals surface area contributed by atoms with E-state index in [1.807, 2.05) is 30.9 Å². The summed E-state index contributed by atoms with van der Waals surface area (Å²) in [7, 11) is 0. The van der Waals surface area contributed by atoms with E-state index in [4.69, 9.17) is 0 Å². The Morgan fingerprint density at radius 3 is 2.13 bits per heavy atom. The molecule has 0 N–H and O–H groups in total. The van der Waals surface area contributed by atoms with Gasteiger partial charge in [0.25, 0.3) is 0 Å². The third kappa shape index (κ3) is 4.08. The lowest BCUT2D eigenvalue weighted by Crippen LogP contribution is -2.48. The van der Waals surface area contributed by atoms with Crippen molar-refractivity contribution >= 4 is 17.5 Å². The molecule has 3 aliphatic rings. The van der Waals surface area contributed by atoms with E-state index in [1.165, 1.54) is 12.8 Å². The second-order valence-corrected chi connectivity index (χ2v) is 9.65. The van der Waals surface area contributed by atoms with Crippen molar-refractivity contribution < 1.29 is 14.4 Å². The van der Waals surface area contributed by atoms with Crippen molar-refractivity contribution in [2.24, 2.45) is 11.3 Å². The molecule has 0 aromatic heterocycles. The summed E-state index contributed by atoms with van der Waals surface area (Å²) in [4.78, 5) is 40.8. The van der Waals surface area contributed by atoms with Crippen LogP contribution in [0.25, 0.3) is 0 Å². The Bertz CT molecular complexity index is 909. The van der Waals surface area contributed by atoms with Gasteiger partial charge in [-0.25, -0.2) is 0 Å². The number of nitrogens with zero attached hydrogens (tertiary/aromatic N) is 1. The minimum absolute atomic E-state index is 0.0459. The van der Waals surface area contributed by atoms with Crippen LogP contribution in [0.5, 0.6) is 0 Å². The highest BCUT2D eigenvalue weighted by atomic mass is 16.2. The molecule has 1 spiro atoms. The predicted octanol–water partition coefficient (Wildman–Crippen LogP) is 4.10. The molecule has 0 unspecified atom stereocenters. The van der Waals surface area contributed by atoms with Gasteiger partial charge in [0, 0.05) is 37.9 Å². The lowest BCUT2D eigenvalue weighted by atomic mass is 9.62. The Morgan fingerprint density at radius 1 is 1.07 bits per heavy atom. The molecule has 0 bridgehead atoms. The summed E-state index contributed by atoms with van der Waals surface area (Å²) in [5.41, 5.74) is 3.48. The number of aryl methyl sites for hydroxylation is 2. The van der Waals surface area contributed by atoms with Gasteiger partial charge in [-0.2, -0.15) is 0 Å². The van der Waals surface area contributed by atoms with Crippen LogP contribution >= 0.6 is 0 Å². The maximum Gasteiger partial charge on any atom is 0.222 e. The fourth-order valence-corrected chi connectivity index (χ4v) is 5.44. The average molecular weight is 406 g/mol. The number of benzene rings is 1. The van der Waals surface area contributed by atoms with Crippen molar-refractivity contribution in [2.75, 3.05) is 13.1 Å². The monoisotopic (exact) mass is 405 g/mol. The fourth-order valence-electron chi connectivity index (χ4n) is 5.44. The molecule has 1 aliphatic heterocycles. The lowest BCUT2D eigenvalue weighted by molar-refractivity contribution is -0.140. The number of hydrogen-bond acceptors (Lipinski definition) is 3. The Morgan fingerprint density at radius 2 is 1.63 bits per heavy atom. The van der Waals surface area contributed by atoms with E-state index < -0.39 is 5.92 Å². The zero-order valence-electron chi connectivity index (χ0n) is 18.3. The van der Waals surface area contributed by atoms with Gasteiger partial charge in [-0.3, -0.25) is 14.4 Å². The summed E-state index contributed by atoms with van der Waals surface area (Å²) < 4.78 is 0. The van der Waals surface area contributed by atoms with Crippen molar-refractivity contribution in [3.05, 3.63) is 34.4 Å². The first-order chi connectivity index (χ1) is 14.3. The van der Waals surface area contributed by atoms with Crippen molar-refractivity contribution in [2.45, 2.75) is 71.6 Å². The SMILES string of the molecule is CC#Cc1cc(C)c(C2C(=O)CC3(CCN(C(=O)CC4CC4)CC3)CC2=O)c(C)c1. The second-order valence-electron chi connectivity index (χ2n) is 9.65. The van der Waals surface area contributed by atoms with Crippen molar-refractivity contribution in [3.63, 3.8) is 0 Å². The highest BCUT2D eigenvalue weighted by Crippen LogP contribution is 2.47. The van der Waals surface area contributed by atoms with Crippen LogP contribution in [-0.4, -0.2) is 35.5 Å². The standard InChI is InChI=1S/C26H31NO3/c1-4-5-20-12-17(2)24(18(3)13-20)25-21(28)15-26(16-22(25)29)8-10-27(11-9-26)23(30)14-19-6-7-19/h12-13,19,25H,6-11,14-16H2,1-3H3.